The Morgan fingerprint density at radius 2 is 2.00 bits per heavy atom. The lowest BCUT2D eigenvalue weighted by atomic mass is 9.93. The molecule has 0 saturated heterocycles. The number of hydrogen-bond donors (Lipinski definition) is 3. The molecular weight excluding hydrogens is 366 g/mol. The topological polar surface area (TPSA) is 92.1 Å². The minimum absolute atomic E-state index is 0.0664. The normalized spacial score (nSPS) is 21.7. The molecule has 1 aromatic carbocycles. The Bertz CT molecular complexity index is 1080. The van der Waals surface area contributed by atoms with Gasteiger partial charge in [-0.25, -0.2) is 4.98 Å². The maximum Gasteiger partial charge on any atom is 0.268 e. The number of aromatic nitrogens is 3. The van der Waals surface area contributed by atoms with Crippen LogP contribution in [0.15, 0.2) is 30.5 Å². The van der Waals surface area contributed by atoms with Crippen molar-refractivity contribution in [2.75, 3.05) is 11.9 Å². The standard InChI is InChI=1S/C22H25N5O2/c1-13-4-2-3-5-16(13)18-17-12-24-22(25-14-6-8-15(28)9-7-14)26-20(17)27-11-10-23-21(29)19(18)27/h2-5,12,14-15,28H,6-11H2,1H3,(H,23,29)(H,24,25,26)/t14-,15-. The molecule has 2 aliphatic rings. The molecule has 0 radical (unpaired) electrons. The number of aliphatic hydroxyl groups excluding tert-OH is 1. The molecule has 3 N–H and O–H groups in total. The summed E-state index contributed by atoms with van der Waals surface area (Å²) in [7, 11) is 0. The molecule has 2 aromatic heterocycles. The van der Waals surface area contributed by atoms with Crippen LogP contribution in [0.2, 0.25) is 0 Å². The summed E-state index contributed by atoms with van der Waals surface area (Å²) in [5.74, 6) is 0.518. The fourth-order valence-electron chi connectivity index (χ4n) is 4.54. The zero-order valence-electron chi connectivity index (χ0n) is 16.5. The van der Waals surface area contributed by atoms with Gasteiger partial charge in [-0.15, -0.1) is 0 Å². The molecule has 7 heteroatoms. The number of nitrogens with one attached hydrogen (secondary N) is 2. The van der Waals surface area contributed by atoms with Crippen molar-refractivity contribution < 1.29 is 9.90 Å². The molecule has 0 atom stereocenters. The Balaban J connectivity index is 1.61. The zero-order chi connectivity index (χ0) is 20.0. The van der Waals surface area contributed by atoms with E-state index in [1.807, 2.05) is 29.0 Å². The monoisotopic (exact) mass is 391 g/mol. The highest BCUT2D eigenvalue weighted by molar-refractivity contribution is 6.10. The molecule has 7 nitrogen and oxygen atoms in total. The number of fused-ring (bicyclic) bond motifs is 3. The number of amides is 1. The van der Waals surface area contributed by atoms with Crippen LogP contribution in [-0.4, -0.2) is 44.2 Å². The van der Waals surface area contributed by atoms with Gasteiger partial charge in [-0.3, -0.25) is 4.79 Å². The summed E-state index contributed by atoms with van der Waals surface area (Å²) in [6.45, 7) is 3.34. The maximum absolute atomic E-state index is 12.8. The summed E-state index contributed by atoms with van der Waals surface area (Å²) in [4.78, 5) is 22.2. The molecule has 3 aromatic rings. The van der Waals surface area contributed by atoms with Crippen LogP contribution < -0.4 is 10.6 Å². The number of anilines is 1. The summed E-state index contributed by atoms with van der Waals surface area (Å²) in [6, 6.07) is 8.37. The van der Waals surface area contributed by atoms with Gasteiger partial charge in [0.05, 0.1) is 6.10 Å². The zero-order valence-corrected chi connectivity index (χ0v) is 16.5. The Morgan fingerprint density at radius 1 is 1.21 bits per heavy atom. The van der Waals surface area contributed by atoms with Gasteiger partial charge in [0.15, 0.2) is 0 Å². The third-order valence-electron chi connectivity index (χ3n) is 6.08. The molecule has 150 valence electrons. The molecule has 5 rings (SSSR count). The Hall–Kier alpha value is -2.93. The third kappa shape index (κ3) is 3.15. The van der Waals surface area contributed by atoms with E-state index in [1.54, 1.807) is 0 Å². The van der Waals surface area contributed by atoms with Crippen molar-refractivity contribution in [3.8, 4) is 11.1 Å². The van der Waals surface area contributed by atoms with Gasteiger partial charge in [0.2, 0.25) is 5.95 Å². The van der Waals surface area contributed by atoms with Crippen LogP contribution in [0, 0.1) is 6.92 Å². The predicted octanol–water partition coefficient (Wildman–Crippen LogP) is 2.87. The smallest absolute Gasteiger partial charge is 0.268 e. The lowest BCUT2D eigenvalue weighted by molar-refractivity contribution is 0.0929. The van der Waals surface area contributed by atoms with E-state index in [-0.39, 0.29) is 18.1 Å². The molecule has 0 bridgehead atoms. The first-order chi connectivity index (χ1) is 14.1. The highest BCUT2D eigenvalue weighted by atomic mass is 16.3. The van der Waals surface area contributed by atoms with Gasteiger partial charge in [0.25, 0.3) is 5.91 Å². The SMILES string of the molecule is Cc1ccccc1-c1c2n(c3nc(N[C@H]4CC[C@H](O)CC4)ncc13)CCNC2=O. The van der Waals surface area contributed by atoms with Crippen molar-refractivity contribution in [3.63, 3.8) is 0 Å². The first kappa shape index (κ1) is 18.1. The van der Waals surface area contributed by atoms with E-state index in [4.69, 9.17) is 4.98 Å². The number of rotatable bonds is 3. The Morgan fingerprint density at radius 3 is 2.79 bits per heavy atom. The minimum atomic E-state index is -0.190. The van der Waals surface area contributed by atoms with Crippen LogP contribution in [0.3, 0.4) is 0 Å². The van der Waals surface area contributed by atoms with Crippen molar-refractivity contribution in [1.29, 1.82) is 0 Å². The number of carbonyl (C=O) groups excluding carboxylic acids is 1. The van der Waals surface area contributed by atoms with E-state index in [9.17, 15) is 9.90 Å². The predicted molar refractivity (Wildman–Crippen MR) is 112 cm³/mol. The summed E-state index contributed by atoms with van der Waals surface area (Å²) in [5.41, 5.74) is 4.51. The molecule has 1 amide bonds. The van der Waals surface area contributed by atoms with Crippen molar-refractivity contribution in [3.05, 3.63) is 41.7 Å². The summed E-state index contributed by atoms with van der Waals surface area (Å²) in [5, 5.41) is 17.0. The second-order valence-corrected chi connectivity index (χ2v) is 8.03. The highest BCUT2D eigenvalue weighted by Crippen LogP contribution is 2.37. The van der Waals surface area contributed by atoms with E-state index >= 15 is 0 Å². The van der Waals surface area contributed by atoms with Gasteiger partial charge in [-0.1, -0.05) is 24.3 Å². The number of aliphatic hydroxyl groups is 1. The van der Waals surface area contributed by atoms with Gasteiger partial charge >= 0.3 is 0 Å². The van der Waals surface area contributed by atoms with Crippen molar-refractivity contribution in [2.24, 2.45) is 0 Å². The molecule has 1 fully saturated rings. The van der Waals surface area contributed by atoms with Crippen molar-refractivity contribution in [1.82, 2.24) is 19.9 Å². The molecule has 29 heavy (non-hydrogen) atoms. The van der Waals surface area contributed by atoms with Gasteiger partial charge in [-0.2, -0.15) is 4.98 Å². The van der Waals surface area contributed by atoms with Crippen molar-refractivity contribution >= 4 is 22.9 Å². The van der Waals surface area contributed by atoms with E-state index in [0.29, 0.717) is 24.7 Å². The summed E-state index contributed by atoms with van der Waals surface area (Å²) < 4.78 is 2.02. The molecule has 0 unspecified atom stereocenters. The highest BCUT2D eigenvalue weighted by Gasteiger charge is 2.29. The quantitative estimate of drug-likeness (QED) is 0.639. The second-order valence-electron chi connectivity index (χ2n) is 8.03. The van der Waals surface area contributed by atoms with Crippen LogP contribution in [-0.2, 0) is 6.54 Å². The van der Waals surface area contributed by atoms with Crippen LogP contribution in [0.4, 0.5) is 5.95 Å². The second kappa shape index (κ2) is 7.15. The fourth-order valence-corrected chi connectivity index (χ4v) is 4.54. The number of aryl methyl sites for hydroxylation is 1. The van der Waals surface area contributed by atoms with E-state index < -0.39 is 0 Å². The van der Waals surface area contributed by atoms with Gasteiger partial charge in [0, 0.05) is 36.3 Å². The maximum atomic E-state index is 12.8. The minimum Gasteiger partial charge on any atom is -0.393 e. The van der Waals surface area contributed by atoms with Gasteiger partial charge < -0.3 is 20.3 Å². The largest absolute Gasteiger partial charge is 0.393 e. The number of carbonyl (C=O) groups is 1. The van der Waals surface area contributed by atoms with Crippen molar-refractivity contribution in [2.45, 2.75) is 51.3 Å². The molecule has 3 heterocycles. The lowest BCUT2D eigenvalue weighted by Gasteiger charge is -2.26. The Kier molecular flexibility index (Phi) is 4.47. The first-order valence-corrected chi connectivity index (χ1v) is 10.3. The Labute approximate surface area is 169 Å². The number of hydrogen-bond acceptors (Lipinski definition) is 5. The van der Waals surface area contributed by atoms with Crippen LogP contribution >= 0.6 is 0 Å². The molecular formula is C22H25N5O2. The van der Waals surface area contributed by atoms with E-state index in [0.717, 1.165) is 53.4 Å². The molecule has 1 saturated carbocycles. The summed E-state index contributed by atoms with van der Waals surface area (Å²) in [6.07, 6.45) is 5.07. The van der Waals surface area contributed by atoms with E-state index in [1.165, 1.54) is 0 Å². The number of nitrogens with zero attached hydrogens (tertiary/aromatic N) is 3. The third-order valence-corrected chi connectivity index (χ3v) is 6.08. The average molecular weight is 391 g/mol. The van der Waals surface area contributed by atoms with Crippen LogP contribution in [0.25, 0.3) is 22.2 Å². The fraction of sp³-hybridized carbons (Fsp3) is 0.409. The van der Waals surface area contributed by atoms with Crippen LogP contribution in [0.1, 0.15) is 41.7 Å². The number of benzene rings is 1. The lowest BCUT2D eigenvalue weighted by Crippen LogP contribution is -2.35. The van der Waals surface area contributed by atoms with Gasteiger partial charge in [-0.05, 0) is 43.7 Å². The molecule has 1 aliphatic heterocycles. The average Bonchev–Trinajstić information content (AvgIpc) is 3.05. The molecule has 1 aliphatic carbocycles. The first-order valence-electron chi connectivity index (χ1n) is 10.3. The summed E-state index contributed by atoms with van der Waals surface area (Å²) >= 11 is 0. The van der Waals surface area contributed by atoms with E-state index in [2.05, 4.69) is 28.6 Å². The molecule has 0 spiro atoms. The van der Waals surface area contributed by atoms with Crippen LogP contribution in [0.5, 0.6) is 0 Å². The van der Waals surface area contributed by atoms with Gasteiger partial charge in [0.1, 0.15) is 11.3 Å².